The Labute approximate surface area is 132 Å². The molecular weight excluding hydrogens is 278 g/mol. The van der Waals surface area contributed by atoms with E-state index >= 15 is 0 Å². The monoisotopic (exact) mass is 303 g/mol. The second-order valence-corrected chi connectivity index (χ2v) is 6.11. The summed E-state index contributed by atoms with van der Waals surface area (Å²) in [5, 5.41) is 26.8. The van der Waals surface area contributed by atoms with Crippen LogP contribution in [-0.2, 0) is 0 Å². The normalized spacial score (nSPS) is 16.5. The molecule has 1 aliphatic heterocycles. The summed E-state index contributed by atoms with van der Waals surface area (Å²) >= 11 is 0. The zero-order valence-corrected chi connectivity index (χ0v) is 13.7. The maximum atomic E-state index is 9.40. The molecule has 0 saturated carbocycles. The summed E-state index contributed by atoms with van der Waals surface area (Å²) in [6.45, 7) is 7.75. The Morgan fingerprint density at radius 3 is 2.59 bits per heavy atom. The number of aliphatic hydroxyl groups is 1. The van der Waals surface area contributed by atoms with Gasteiger partial charge in [-0.15, -0.1) is 5.10 Å². The molecule has 0 unspecified atom stereocenters. The van der Waals surface area contributed by atoms with Crippen molar-refractivity contribution in [2.75, 3.05) is 44.7 Å². The number of hydrogen-bond acceptors (Lipinski definition) is 6. The largest absolute Gasteiger partial charge is 0.395 e. The van der Waals surface area contributed by atoms with Crippen LogP contribution in [0.3, 0.4) is 0 Å². The number of hydrogen-bond donors (Lipinski definition) is 1. The average molecular weight is 303 g/mol. The Morgan fingerprint density at radius 2 is 2.00 bits per heavy atom. The number of aryl methyl sites for hydroxylation is 1. The van der Waals surface area contributed by atoms with E-state index in [2.05, 4.69) is 26.1 Å². The number of β-amino-alcohol motifs (C(OH)–C–C–N with tert-alkyl or cyclic N) is 1. The molecule has 0 atom stereocenters. The van der Waals surface area contributed by atoms with E-state index in [4.69, 9.17) is 5.11 Å². The molecule has 2 heterocycles. The van der Waals surface area contributed by atoms with Crippen LogP contribution in [0.25, 0.3) is 0 Å². The van der Waals surface area contributed by atoms with Gasteiger partial charge in [-0.2, -0.15) is 10.4 Å². The Morgan fingerprint density at radius 1 is 1.32 bits per heavy atom. The number of aliphatic hydroxyl groups excluding tert-OH is 1. The highest BCUT2D eigenvalue weighted by Crippen LogP contribution is 2.24. The van der Waals surface area contributed by atoms with Crippen LogP contribution in [0.1, 0.15) is 29.7 Å². The third-order valence-corrected chi connectivity index (χ3v) is 4.56. The molecule has 1 saturated heterocycles. The Hall–Kier alpha value is -1.71. The summed E-state index contributed by atoms with van der Waals surface area (Å²) in [6.07, 6.45) is 2.23. The number of aromatic nitrogens is 2. The van der Waals surface area contributed by atoms with Crippen LogP contribution >= 0.6 is 0 Å². The van der Waals surface area contributed by atoms with Gasteiger partial charge in [-0.05, 0) is 51.3 Å². The molecule has 2 rings (SSSR count). The molecule has 22 heavy (non-hydrogen) atoms. The van der Waals surface area contributed by atoms with E-state index in [9.17, 15) is 5.26 Å². The smallest absolute Gasteiger partial charge is 0.169 e. The summed E-state index contributed by atoms with van der Waals surface area (Å²) in [6, 6.07) is 2.27. The van der Waals surface area contributed by atoms with Gasteiger partial charge < -0.3 is 14.9 Å². The Bertz CT molecular complexity index is 546. The van der Waals surface area contributed by atoms with Crippen LogP contribution < -0.4 is 4.90 Å². The molecule has 0 spiro atoms. The summed E-state index contributed by atoms with van der Waals surface area (Å²) in [5.74, 6) is 1.28. The lowest BCUT2D eigenvalue weighted by atomic mass is 9.96. The van der Waals surface area contributed by atoms with E-state index in [0.29, 0.717) is 17.3 Å². The molecule has 1 N–H and O–H groups in total. The Balaban J connectivity index is 2.00. The maximum Gasteiger partial charge on any atom is 0.169 e. The highest BCUT2D eigenvalue weighted by molar-refractivity contribution is 5.57. The van der Waals surface area contributed by atoms with Gasteiger partial charge in [0.2, 0.25) is 0 Å². The summed E-state index contributed by atoms with van der Waals surface area (Å²) in [4.78, 5) is 4.36. The number of nitriles is 1. The first-order chi connectivity index (χ1) is 10.6. The maximum absolute atomic E-state index is 9.40. The van der Waals surface area contributed by atoms with Crippen molar-refractivity contribution in [1.82, 2.24) is 15.1 Å². The highest BCUT2D eigenvalue weighted by Gasteiger charge is 2.22. The molecule has 1 fully saturated rings. The van der Waals surface area contributed by atoms with E-state index in [1.165, 1.54) is 0 Å². The molecule has 1 aromatic heterocycles. The van der Waals surface area contributed by atoms with E-state index in [0.717, 1.165) is 50.3 Å². The van der Waals surface area contributed by atoms with Crippen molar-refractivity contribution >= 4 is 5.82 Å². The fourth-order valence-electron chi connectivity index (χ4n) is 3.00. The van der Waals surface area contributed by atoms with Crippen molar-refractivity contribution in [3.63, 3.8) is 0 Å². The number of piperidine rings is 1. The van der Waals surface area contributed by atoms with Crippen molar-refractivity contribution < 1.29 is 5.11 Å². The van der Waals surface area contributed by atoms with Crippen LogP contribution in [0.5, 0.6) is 0 Å². The predicted molar refractivity (Wildman–Crippen MR) is 85.7 cm³/mol. The molecule has 6 heteroatoms. The van der Waals surface area contributed by atoms with Gasteiger partial charge in [-0.1, -0.05) is 0 Å². The van der Waals surface area contributed by atoms with Crippen molar-refractivity contribution in [3.8, 4) is 6.07 Å². The van der Waals surface area contributed by atoms with Gasteiger partial charge in [0.15, 0.2) is 5.82 Å². The molecule has 0 bridgehead atoms. The Kier molecular flexibility index (Phi) is 5.69. The van der Waals surface area contributed by atoms with Crippen LogP contribution in [-0.4, -0.2) is 60.0 Å². The van der Waals surface area contributed by atoms with Crippen LogP contribution in [0.4, 0.5) is 5.82 Å². The third kappa shape index (κ3) is 3.73. The van der Waals surface area contributed by atoms with Crippen molar-refractivity contribution in [3.05, 3.63) is 16.8 Å². The van der Waals surface area contributed by atoms with Gasteiger partial charge in [-0.25, -0.2) is 0 Å². The standard InChI is InChI=1S/C16H25N5O/c1-12-13(2)18-19-16(15(12)10-17)20(3)11-14-4-6-21(7-5-14)8-9-22/h14,22H,4-9,11H2,1-3H3. The van der Waals surface area contributed by atoms with Gasteiger partial charge in [0, 0.05) is 20.1 Å². The molecule has 120 valence electrons. The quantitative estimate of drug-likeness (QED) is 0.878. The summed E-state index contributed by atoms with van der Waals surface area (Å²) in [7, 11) is 1.99. The molecule has 0 radical (unpaired) electrons. The average Bonchev–Trinajstić information content (AvgIpc) is 2.52. The molecule has 0 amide bonds. The number of likely N-dealkylation sites (tertiary alicyclic amines) is 1. The topological polar surface area (TPSA) is 76.3 Å². The highest BCUT2D eigenvalue weighted by atomic mass is 16.3. The molecular formula is C16H25N5O. The second-order valence-electron chi connectivity index (χ2n) is 6.11. The summed E-state index contributed by atoms with van der Waals surface area (Å²) < 4.78 is 0. The molecule has 6 nitrogen and oxygen atoms in total. The van der Waals surface area contributed by atoms with Crippen molar-refractivity contribution in [1.29, 1.82) is 5.26 Å². The van der Waals surface area contributed by atoms with Gasteiger partial charge in [0.25, 0.3) is 0 Å². The molecule has 1 aromatic rings. The lowest BCUT2D eigenvalue weighted by Gasteiger charge is -2.33. The van der Waals surface area contributed by atoms with E-state index in [-0.39, 0.29) is 6.61 Å². The first-order valence-electron chi connectivity index (χ1n) is 7.85. The van der Waals surface area contributed by atoms with Gasteiger partial charge in [-0.3, -0.25) is 0 Å². The first-order valence-corrected chi connectivity index (χ1v) is 7.85. The van der Waals surface area contributed by atoms with Gasteiger partial charge >= 0.3 is 0 Å². The minimum Gasteiger partial charge on any atom is -0.395 e. The zero-order valence-electron chi connectivity index (χ0n) is 13.7. The molecule has 1 aliphatic rings. The fraction of sp³-hybridized carbons (Fsp3) is 0.688. The van der Waals surface area contributed by atoms with Gasteiger partial charge in [0.1, 0.15) is 11.6 Å². The minimum atomic E-state index is 0.230. The zero-order chi connectivity index (χ0) is 16.1. The van der Waals surface area contributed by atoms with Crippen molar-refractivity contribution in [2.24, 2.45) is 5.92 Å². The van der Waals surface area contributed by atoms with Crippen LogP contribution in [0.2, 0.25) is 0 Å². The molecule has 0 aromatic carbocycles. The first kappa shape index (κ1) is 16.7. The fourth-order valence-corrected chi connectivity index (χ4v) is 3.00. The predicted octanol–water partition coefficient (Wildman–Crippen LogP) is 1.11. The molecule has 0 aliphatic carbocycles. The second kappa shape index (κ2) is 7.52. The van der Waals surface area contributed by atoms with Crippen LogP contribution in [0, 0.1) is 31.1 Å². The van der Waals surface area contributed by atoms with Crippen LogP contribution in [0.15, 0.2) is 0 Å². The summed E-state index contributed by atoms with van der Waals surface area (Å²) in [5.41, 5.74) is 2.36. The lowest BCUT2D eigenvalue weighted by molar-refractivity contribution is 0.149. The number of rotatable bonds is 5. The minimum absolute atomic E-state index is 0.230. The van der Waals surface area contributed by atoms with E-state index in [1.807, 2.05) is 20.9 Å². The number of anilines is 1. The lowest BCUT2D eigenvalue weighted by Crippen LogP contribution is -2.39. The number of nitrogens with zero attached hydrogens (tertiary/aromatic N) is 5. The SMILES string of the molecule is Cc1nnc(N(C)CC2CCN(CCO)CC2)c(C#N)c1C. The van der Waals surface area contributed by atoms with E-state index in [1.54, 1.807) is 0 Å². The van der Waals surface area contributed by atoms with Crippen molar-refractivity contribution in [2.45, 2.75) is 26.7 Å². The third-order valence-electron chi connectivity index (χ3n) is 4.56. The van der Waals surface area contributed by atoms with Gasteiger partial charge in [0.05, 0.1) is 12.3 Å². The van der Waals surface area contributed by atoms with E-state index < -0.39 is 0 Å².